The topological polar surface area (TPSA) is 61.3 Å². The molecule has 0 unspecified atom stereocenters. The quantitative estimate of drug-likeness (QED) is 0.861. The number of rotatable bonds is 4. The molecule has 4 N–H and O–H groups in total. The van der Waals surface area contributed by atoms with Crippen molar-refractivity contribution in [1.29, 1.82) is 0 Å². The molecule has 3 nitrogen and oxygen atoms in total. The molecule has 1 aromatic carbocycles. The van der Waals surface area contributed by atoms with E-state index in [-0.39, 0.29) is 18.4 Å². The molecule has 0 aromatic heterocycles. The van der Waals surface area contributed by atoms with Crippen LogP contribution in [0.4, 0.5) is 0 Å². The van der Waals surface area contributed by atoms with Crippen LogP contribution < -0.4 is 16.2 Å². The Labute approximate surface area is 101 Å². The van der Waals surface area contributed by atoms with Gasteiger partial charge in [0.1, 0.15) is 5.75 Å². The molecule has 1 rings (SSSR count). The molecule has 0 saturated heterocycles. The first kappa shape index (κ1) is 14.5. The highest BCUT2D eigenvalue weighted by Gasteiger charge is 2.08. The van der Waals surface area contributed by atoms with E-state index in [1.165, 1.54) is 0 Å². The molecule has 0 radical (unpaired) electrons. The normalized spacial score (nSPS) is 11.7. The second-order valence-corrected chi connectivity index (χ2v) is 3.49. The van der Waals surface area contributed by atoms with Gasteiger partial charge in [-0.25, -0.2) is 0 Å². The van der Waals surface area contributed by atoms with Crippen LogP contribution in [0.3, 0.4) is 0 Å². The van der Waals surface area contributed by atoms with Crippen molar-refractivity contribution in [2.24, 2.45) is 11.5 Å². The van der Waals surface area contributed by atoms with E-state index >= 15 is 0 Å². The highest BCUT2D eigenvalue weighted by atomic mass is 35.5. The molecule has 0 bridgehead atoms. The molecular formula is C10H16Cl2N2O. The van der Waals surface area contributed by atoms with E-state index in [2.05, 4.69) is 0 Å². The maximum atomic E-state index is 5.90. The van der Waals surface area contributed by atoms with Gasteiger partial charge in [0, 0.05) is 6.04 Å². The predicted octanol–water partition coefficient (Wildman–Crippen LogP) is 2.12. The molecule has 0 spiro atoms. The molecule has 0 aliphatic rings. The minimum atomic E-state index is -0.0498. The molecule has 1 atom stereocenters. The van der Waals surface area contributed by atoms with Gasteiger partial charge in [-0.05, 0) is 30.7 Å². The fraction of sp³-hybridized carbons (Fsp3) is 0.400. The average Bonchev–Trinajstić information content (AvgIpc) is 2.19. The Balaban J connectivity index is 0.00000196. The molecule has 0 fully saturated rings. The van der Waals surface area contributed by atoms with Gasteiger partial charge in [0.05, 0.1) is 12.1 Å². The number of halogens is 2. The Hall–Kier alpha value is -0.480. The van der Waals surface area contributed by atoms with Crippen molar-refractivity contribution in [3.63, 3.8) is 0 Å². The lowest BCUT2D eigenvalue weighted by Gasteiger charge is -2.12. The van der Waals surface area contributed by atoms with Gasteiger partial charge in [-0.2, -0.15) is 0 Å². The smallest absolute Gasteiger partial charge is 0.137 e. The van der Waals surface area contributed by atoms with Gasteiger partial charge in [0.15, 0.2) is 0 Å². The van der Waals surface area contributed by atoms with Crippen LogP contribution in [0.25, 0.3) is 0 Å². The first-order valence-corrected chi connectivity index (χ1v) is 4.86. The van der Waals surface area contributed by atoms with Crippen molar-refractivity contribution < 1.29 is 4.74 Å². The molecule has 0 aliphatic carbocycles. The summed E-state index contributed by atoms with van der Waals surface area (Å²) in [6.07, 6.45) is 0.755. The van der Waals surface area contributed by atoms with Crippen molar-refractivity contribution in [1.82, 2.24) is 0 Å². The predicted molar refractivity (Wildman–Crippen MR) is 65.9 cm³/mol. The van der Waals surface area contributed by atoms with Crippen LogP contribution in [0.2, 0.25) is 5.02 Å². The third kappa shape index (κ3) is 3.87. The maximum absolute atomic E-state index is 5.90. The third-order valence-electron chi connectivity index (χ3n) is 2.08. The Kier molecular flexibility index (Phi) is 6.68. The SMILES string of the molecule is COc1cc([C@H](N)CCN)ccc1Cl.Cl. The maximum Gasteiger partial charge on any atom is 0.137 e. The molecular weight excluding hydrogens is 235 g/mol. The second kappa shape index (κ2) is 6.90. The fourth-order valence-electron chi connectivity index (χ4n) is 1.25. The molecule has 15 heavy (non-hydrogen) atoms. The first-order valence-electron chi connectivity index (χ1n) is 4.48. The zero-order valence-corrected chi connectivity index (χ0v) is 10.1. The zero-order valence-electron chi connectivity index (χ0n) is 8.57. The standard InChI is InChI=1S/C10H15ClN2O.ClH/c1-14-10-6-7(2-3-8(10)11)9(13)4-5-12;/h2-3,6,9H,4-5,12-13H2,1H3;1H/t9-;/m1./s1. The van der Waals surface area contributed by atoms with Crippen LogP contribution in [0.5, 0.6) is 5.75 Å². The van der Waals surface area contributed by atoms with E-state index in [1.54, 1.807) is 13.2 Å². The van der Waals surface area contributed by atoms with E-state index in [9.17, 15) is 0 Å². The van der Waals surface area contributed by atoms with Crippen molar-refractivity contribution in [3.05, 3.63) is 28.8 Å². The largest absolute Gasteiger partial charge is 0.495 e. The summed E-state index contributed by atoms with van der Waals surface area (Å²) in [7, 11) is 1.58. The van der Waals surface area contributed by atoms with Gasteiger partial charge in [-0.1, -0.05) is 17.7 Å². The zero-order chi connectivity index (χ0) is 10.6. The summed E-state index contributed by atoms with van der Waals surface area (Å²) in [6, 6.07) is 5.48. The van der Waals surface area contributed by atoms with Gasteiger partial charge in [-0.3, -0.25) is 0 Å². The van der Waals surface area contributed by atoms with Gasteiger partial charge in [-0.15, -0.1) is 12.4 Å². The Bertz CT molecular complexity index is 307. The van der Waals surface area contributed by atoms with Gasteiger partial charge >= 0.3 is 0 Å². The Morgan fingerprint density at radius 3 is 2.67 bits per heavy atom. The molecule has 1 aromatic rings. The highest BCUT2D eigenvalue weighted by Crippen LogP contribution is 2.27. The molecule has 0 saturated carbocycles. The summed E-state index contributed by atoms with van der Waals surface area (Å²) < 4.78 is 5.10. The molecule has 0 amide bonds. The highest BCUT2D eigenvalue weighted by molar-refractivity contribution is 6.32. The lowest BCUT2D eigenvalue weighted by atomic mass is 10.0. The van der Waals surface area contributed by atoms with Gasteiger partial charge < -0.3 is 16.2 Å². The number of hydrogen-bond donors (Lipinski definition) is 2. The number of hydrogen-bond acceptors (Lipinski definition) is 3. The number of benzene rings is 1. The molecule has 5 heteroatoms. The number of methoxy groups -OCH3 is 1. The monoisotopic (exact) mass is 250 g/mol. The summed E-state index contributed by atoms with van der Waals surface area (Å²) in [6.45, 7) is 0.576. The van der Waals surface area contributed by atoms with Crippen molar-refractivity contribution >= 4 is 24.0 Å². The summed E-state index contributed by atoms with van der Waals surface area (Å²) in [5.74, 6) is 0.650. The van der Waals surface area contributed by atoms with Crippen LogP contribution >= 0.6 is 24.0 Å². The van der Waals surface area contributed by atoms with E-state index in [4.69, 9.17) is 27.8 Å². The summed E-state index contributed by atoms with van der Waals surface area (Å²) in [4.78, 5) is 0. The van der Waals surface area contributed by atoms with Crippen molar-refractivity contribution in [2.45, 2.75) is 12.5 Å². The number of ether oxygens (including phenoxy) is 1. The first-order chi connectivity index (χ1) is 6.69. The van der Waals surface area contributed by atoms with Crippen molar-refractivity contribution in [3.8, 4) is 5.75 Å². The van der Waals surface area contributed by atoms with Crippen LogP contribution in [-0.2, 0) is 0 Å². The van der Waals surface area contributed by atoms with Crippen LogP contribution in [0.1, 0.15) is 18.0 Å². The summed E-state index contributed by atoms with van der Waals surface area (Å²) in [5.41, 5.74) is 12.3. The molecule has 86 valence electrons. The fourth-order valence-corrected chi connectivity index (χ4v) is 1.45. The number of nitrogens with two attached hydrogens (primary N) is 2. The van der Waals surface area contributed by atoms with Gasteiger partial charge in [0.2, 0.25) is 0 Å². The minimum absolute atomic E-state index is 0. The lowest BCUT2D eigenvalue weighted by molar-refractivity contribution is 0.414. The lowest BCUT2D eigenvalue weighted by Crippen LogP contribution is -2.15. The Morgan fingerprint density at radius 2 is 2.13 bits per heavy atom. The molecule has 0 heterocycles. The summed E-state index contributed by atoms with van der Waals surface area (Å²) >= 11 is 5.89. The molecule has 0 aliphatic heterocycles. The van der Waals surface area contributed by atoms with E-state index < -0.39 is 0 Å². The van der Waals surface area contributed by atoms with E-state index in [1.807, 2.05) is 12.1 Å². The summed E-state index contributed by atoms with van der Waals surface area (Å²) in [5, 5.41) is 0.594. The van der Waals surface area contributed by atoms with Crippen LogP contribution in [0, 0.1) is 0 Å². The van der Waals surface area contributed by atoms with Crippen LogP contribution in [-0.4, -0.2) is 13.7 Å². The second-order valence-electron chi connectivity index (χ2n) is 3.08. The minimum Gasteiger partial charge on any atom is -0.495 e. The third-order valence-corrected chi connectivity index (χ3v) is 2.39. The van der Waals surface area contributed by atoms with E-state index in [0.717, 1.165) is 12.0 Å². The Morgan fingerprint density at radius 1 is 1.47 bits per heavy atom. The van der Waals surface area contributed by atoms with E-state index in [0.29, 0.717) is 17.3 Å². The van der Waals surface area contributed by atoms with Crippen LogP contribution in [0.15, 0.2) is 18.2 Å². The van der Waals surface area contributed by atoms with Crippen molar-refractivity contribution in [2.75, 3.05) is 13.7 Å². The van der Waals surface area contributed by atoms with Gasteiger partial charge in [0.25, 0.3) is 0 Å². The average molecular weight is 251 g/mol.